The van der Waals surface area contributed by atoms with E-state index in [2.05, 4.69) is 20.8 Å². The maximum absolute atomic E-state index is 17.5. The number of nitrogen functional groups attached to an aromatic ring is 1. The number of aliphatic hydroxyl groups is 1. The summed E-state index contributed by atoms with van der Waals surface area (Å²) < 4.78 is 61.0. The summed E-state index contributed by atoms with van der Waals surface area (Å²) in [7, 11) is 0. The number of piperazine rings is 1. The summed E-state index contributed by atoms with van der Waals surface area (Å²) in [5, 5.41) is 20.9. The number of nitrogens with two attached hydrogens (primary N) is 1. The Labute approximate surface area is 291 Å². The summed E-state index contributed by atoms with van der Waals surface area (Å²) in [5.41, 5.74) is 6.97. The highest BCUT2D eigenvalue weighted by Gasteiger charge is 2.50. The van der Waals surface area contributed by atoms with Crippen LogP contribution in [0.5, 0.6) is 6.01 Å². The van der Waals surface area contributed by atoms with Gasteiger partial charge in [0.2, 0.25) is 0 Å². The molecule has 5 atom stereocenters. The van der Waals surface area contributed by atoms with Gasteiger partial charge in [0.25, 0.3) is 0 Å². The van der Waals surface area contributed by atoms with Crippen molar-refractivity contribution >= 4 is 43.1 Å². The van der Waals surface area contributed by atoms with Crippen molar-refractivity contribution in [2.45, 2.75) is 82.1 Å². The number of nitrogens with zero attached hydrogens (tertiary/aromatic N) is 6. The van der Waals surface area contributed by atoms with Gasteiger partial charge in [0.15, 0.2) is 5.82 Å². The van der Waals surface area contributed by atoms with Crippen molar-refractivity contribution in [3.8, 4) is 23.2 Å². The van der Waals surface area contributed by atoms with Crippen LogP contribution in [0.25, 0.3) is 32.1 Å². The predicted molar refractivity (Wildman–Crippen MR) is 184 cm³/mol. The zero-order valence-electron chi connectivity index (χ0n) is 27.7. The molecule has 10 rings (SSSR count). The highest BCUT2D eigenvalue weighted by molar-refractivity contribution is 7.23. The summed E-state index contributed by atoms with van der Waals surface area (Å²) in [6.45, 7) is 5.66. The van der Waals surface area contributed by atoms with E-state index >= 15 is 8.78 Å². The Balaban J connectivity index is 1.21. The van der Waals surface area contributed by atoms with E-state index in [-0.39, 0.29) is 76.6 Å². The van der Waals surface area contributed by atoms with E-state index in [0.29, 0.717) is 46.4 Å². The average Bonchev–Trinajstić information content (AvgIpc) is 3.86. The van der Waals surface area contributed by atoms with E-state index in [9.17, 15) is 14.8 Å². The first-order valence-electron chi connectivity index (χ1n) is 17.4. The fourth-order valence-corrected chi connectivity index (χ4v) is 10.2. The van der Waals surface area contributed by atoms with Crippen LogP contribution < -0.4 is 15.4 Å². The molecule has 50 heavy (non-hydrogen) atoms. The maximum Gasteiger partial charge on any atom is 0.319 e. The van der Waals surface area contributed by atoms with Gasteiger partial charge in [0, 0.05) is 65.9 Å². The lowest BCUT2D eigenvalue weighted by Gasteiger charge is -2.57. The number of hydrogen-bond donors (Lipinski definition) is 2. The van der Waals surface area contributed by atoms with Gasteiger partial charge < -0.3 is 25.2 Å². The van der Waals surface area contributed by atoms with Crippen LogP contribution in [0.15, 0.2) is 12.1 Å². The van der Waals surface area contributed by atoms with Crippen molar-refractivity contribution in [1.29, 1.82) is 5.26 Å². The molecular weight excluding hydrogens is 668 g/mol. The number of alkyl halides is 1. The Morgan fingerprint density at radius 3 is 2.74 bits per heavy atom. The van der Waals surface area contributed by atoms with Gasteiger partial charge in [0.1, 0.15) is 41.0 Å². The molecule has 0 spiro atoms. The van der Waals surface area contributed by atoms with Gasteiger partial charge >= 0.3 is 6.01 Å². The molecule has 2 aromatic carbocycles. The molecule has 4 aromatic rings. The van der Waals surface area contributed by atoms with Gasteiger partial charge in [-0.2, -0.15) is 15.2 Å². The number of ether oxygens (including phenoxy) is 2. The molecule has 6 aliphatic rings. The lowest BCUT2D eigenvalue weighted by molar-refractivity contribution is 0.0915. The molecule has 5 fully saturated rings. The number of thiophene rings is 1. The van der Waals surface area contributed by atoms with Crippen LogP contribution in [0.1, 0.15) is 55.7 Å². The first kappa shape index (κ1) is 32.2. The first-order valence-corrected chi connectivity index (χ1v) is 18.2. The Hall–Kier alpha value is -3.74. The second-order valence-corrected chi connectivity index (χ2v) is 15.7. The number of fused-ring (bicyclic) bond motifs is 7. The van der Waals surface area contributed by atoms with E-state index in [1.165, 1.54) is 6.07 Å². The third-order valence-corrected chi connectivity index (χ3v) is 12.5. The number of nitriles is 1. The van der Waals surface area contributed by atoms with Crippen molar-refractivity contribution < 1.29 is 27.8 Å². The molecule has 3 N–H and O–H groups in total. The number of aliphatic hydroxyl groups excluding tert-OH is 1. The van der Waals surface area contributed by atoms with Crippen LogP contribution in [0.4, 0.5) is 24.0 Å². The molecule has 5 saturated heterocycles. The topological polar surface area (TPSA) is 124 Å². The standard InChI is InChI=1S/C36H38F3N7O3S/c1-18(47)5-8-44-13-20-9-21(14-44)46(20)34-29-24-16-48-15-23(24)28(30-25(38)3-4-26-27(30)22(11-40)33(41)50-26)31(39)32(29)42-35(43-34)49-17-36-6-2-7-45(36)12-19(37)10-36/h3-4,18-21,47H,2,5-10,12-17,41H2,1H3/t18?,19-,20?,21?,36+/m1/s1. The van der Waals surface area contributed by atoms with Gasteiger partial charge in [-0.25, -0.2) is 13.2 Å². The van der Waals surface area contributed by atoms with E-state index in [1.807, 2.05) is 0 Å². The van der Waals surface area contributed by atoms with Gasteiger partial charge in [-0.1, -0.05) is 0 Å². The minimum Gasteiger partial charge on any atom is -0.461 e. The molecule has 0 radical (unpaired) electrons. The van der Waals surface area contributed by atoms with Crippen LogP contribution in [0, 0.1) is 23.0 Å². The Kier molecular flexibility index (Phi) is 7.67. The lowest BCUT2D eigenvalue weighted by Crippen LogP contribution is -2.69. The second-order valence-electron chi connectivity index (χ2n) is 14.7. The summed E-state index contributed by atoms with van der Waals surface area (Å²) in [5.74, 6) is -0.866. The van der Waals surface area contributed by atoms with Crippen LogP contribution >= 0.6 is 11.3 Å². The number of halogens is 3. The highest BCUT2D eigenvalue weighted by Crippen LogP contribution is 2.50. The zero-order chi connectivity index (χ0) is 34.5. The van der Waals surface area contributed by atoms with Crippen LogP contribution in [0.2, 0.25) is 0 Å². The molecule has 8 heterocycles. The number of benzene rings is 2. The molecule has 0 aliphatic carbocycles. The van der Waals surface area contributed by atoms with Gasteiger partial charge in [-0.05, 0) is 62.4 Å². The smallest absolute Gasteiger partial charge is 0.319 e. The molecule has 2 aromatic heterocycles. The van der Waals surface area contributed by atoms with Crippen LogP contribution in [0.3, 0.4) is 0 Å². The predicted octanol–water partition coefficient (Wildman–Crippen LogP) is 5.26. The minimum atomic E-state index is -0.936. The van der Waals surface area contributed by atoms with Crippen LogP contribution in [-0.2, 0) is 18.0 Å². The third-order valence-electron chi connectivity index (χ3n) is 11.6. The molecule has 2 bridgehead atoms. The molecule has 0 amide bonds. The van der Waals surface area contributed by atoms with Gasteiger partial charge in [-0.15, -0.1) is 11.3 Å². The fourth-order valence-electron chi connectivity index (χ4n) is 9.29. The van der Waals surface area contributed by atoms with E-state index in [0.717, 1.165) is 56.8 Å². The number of piperidine rings is 1. The Morgan fingerprint density at radius 2 is 1.96 bits per heavy atom. The molecular formula is C36H38F3N7O3S. The number of anilines is 2. The van der Waals surface area contributed by atoms with Gasteiger partial charge in [0.05, 0.1) is 35.8 Å². The van der Waals surface area contributed by atoms with Crippen LogP contribution in [-0.4, -0.2) is 94.1 Å². The quantitative estimate of drug-likeness (QED) is 0.251. The molecule has 10 nitrogen and oxygen atoms in total. The fraction of sp³-hybridized carbons (Fsp3) is 0.528. The summed E-state index contributed by atoms with van der Waals surface area (Å²) >= 11 is 1.16. The lowest BCUT2D eigenvalue weighted by atomic mass is 9.85. The van der Waals surface area contributed by atoms with Crippen molar-refractivity contribution in [3.63, 3.8) is 0 Å². The molecule has 0 saturated carbocycles. The summed E-state index contributed by atoms with van der Waals surface area (Å²) in [4.78, 5) is 16.4. The second kappa shape index (κ2) is 11.9. The SMILES string of the molecule is CC(O)CCN1CC2CC(C1)N2c1nc(OC[C@@]23CCCN2C[C@H](F)C3)nc2c(F)c(-c3c(F)ccc4sc(N)c(C#N)c34)c3c(c12)COC3. The average molecular weight is 706 g/mol. The normalized spacial score (nSPS) is 26.7. The van der Waals surface area contributed by atoms with Gasteiger partial charge in [-0.3, -0.25) is 9.80 Å². The number of rotatable bonds is 8. The largest absolute Gasteiger partial charge is 0.461 e. The van der Waals surface area contributed by atoms with Crippen molar-refractivity contribution in [2.24, 2.45) is 0 Å². The van der Waals surface area contributed by atoms with Crippen molar-refractivity contribution in [2.75, 3.05) is 50.0 Å². The first-order chi connectivity index (χ1) is 24.2. The molecule has 6 aliphatic heterocycles. The van der Waals surface area contributed by atoms with Crippen molar-refractivity contribution in [3.05, 3.63) is 40.5 Å². The van der Waals surface area contributed by atoms with E-state index < -0.39 is 23.3 Å². The summed E-state index contributed by atoms with van der Waals surface area (Å²) in [6.07, 6.45) is 2.41. The molecule has 3 unspecified atom stereocenters. The molecule has 262 valence electrons. The maximum atomic E-state index is 17.5. The zero-order valence-corrected chi connectivity index (χ0v) is 28.5. The monoisotopic (exact) mass is 705 g/mol. The third kappa shape index (κ3) is 4.88. The number of aromatic nitrogens is 2. The molecule has 14 heteroatoms. The van der Waals surface area contributed by atoms with E-state index in [4.69, 9.17) is 25.2 Å². The highest BCUT2D eigenvalue weighted by atomic mass is 32.1. The minimum absolute atomic E-state index is 0.00253. The Morgan fingerprint density at radius 1 is 1.16 bits per heavy atom. The number of hydrogen-bond acceptors (Lipinski definition) is 11. The Bertz CT molecular complexity index is 2080. The van der Waals surface area contributed by atoms with E-state index in [1.54, 1.807) is 13.0 Å². The van der Waals surface area contributed by atoms with Crippen molar-refractivity contribution in [1.82, 2.24) is 19.8 Å². The summed E-state index contributed by atoms with van der Waals surface area (Å²) in [6, 6.07) is 5.14.